The lowest BCUT2D eigenvalue weighted by molar-refractivity contribution is 0.935. The SMILES string of the molecule is C[C](C)C(S)c1ccncc1. The molecule has 0 aliphatic heterocycles. The Morgan fingerprint density at radius 1 is 1.36 bits per heavy atom. The molecule has 1 radical (unpaired) electrons. The van der Waals surface area contributed by atoms with Crippen LogP contribution in [-0.4, -0.2) is 4.98 Å². The molecule has 0 aliphatic rings. The van der Waals surface area contributed by atoms with Gasteiger partial charge in [-0.2, -0.15) is 12.6 Å². The van der Waals surface area contributed by atoms with E-state index in [2.05, 4.69) is 31.5 Å². The van der Waals surface area contributed by atoms with Gasteiger partial charge in [-0.15, -0.1) is 0 Å². The molecule has 2 heteroatoms. The van der Waals surface area contributed by atoms with Gasteiger partial charge in [0.1, 0.15) is 0 Å². The molecule has 59 valence electrons. The lowest BCUT2D eigenvalue weighted by Crippen LogP contribution is -1.96. The van der Waals surface area contributed by atoms with Crippen molar-refractivity contribution < 1.29 is 0 Å². The van der Waals surface area contributed by atoms with E-state index >= 15 is 0 Å². The Kier molecular flexibility index (Phi) is 2.94. The van der Waals surface area contributed by atoms with E-state index in [-0.39, 0.29) is 5.25 Å². The topological polar surface area (TPSA) is 12.9 Å². The molecule has 0 saturated carbocycles. The Hall–Kier alpha value is -0.500. The molecular weight excluding hydrogens is 154 g/mol. The van der Waals surface area contributed by atoms with Crippen molar-refractivity contribution in [2.75, 3.05) is 0 Å². The van der Waals surface area contributed by atoms with Crippen molar-refractivity contribution >= 4 is 12.6 Å². The van der Waals surface area contributed by atoms with Gasteiger partial charge in [0.2, 0.25) is 0 Å². The Labute approximate surface area is 73.3 Å². The van der Waals surface area contributed by atoms with Gasteiger partial charge in [0, 0.05) is 17.6 Å². The van der Waals surface area contributed by atoms with Crippen molar-refractivity contribution in [3.05, 3.63) is 36.0 Å². The summed E-state index contributed by atoms with van der Waals surface area (Å²) in [5, 5.41) is 0.248. The summed E-state index contributed by atoms with van der Waals surface area (Å²) in [5.41, 5.74) is 1.21. The smallest absolute Gasteiger partial charge is 0.0324 e. The second-order valence-corrected chi connectivity index (χ2v) is 3.28. The van der Waals surface area contributed by atoms with E-state index in [1.807, 2.05) is 12.1 Å². The molecule has 0 spiro atoms. The summed E-state index contributed by atoms with van der Waals surface area (Å²) in [6.07, 6.45) is 3.59. The summed E-state index contributed by atoms with van der Waals surface area (Å²) < 4.78 is 0. The first-order chi connectivity index (χ1) is 5.22. The Morgan fingerprint density at radius 3 is 2.36 bits per heavy atom. The predicted octanol–water partition coefficient (Wildman–Crippen LogP) is 2.67. The standard InChI is InChI=1S/C9H12NS/c1-7(2)9(11)8-3-5-10-6-4-8/h3-6,9,11H,1-2H3. The molecule has 1 heterocycles. The van der Waals surface area contributed by atoms with Crippen LogP contribution in [0.4, 0.5) is 0 Å². The number of pyridine rings is 1. The van der Waals surface area contributed by atoms with Crippen molar-refractivity contribution in [3.8, 4) is 0 Å². The van der Waals surface area contributed by atoms with Crippen molar-refractivity contribution in [1.29, 1.82) is 0 Å². The second kappa shape index (κ2) is 3.77. The van der Waals surface area contributed by atoms with E-state index < -0.39 is 0 Å². The molecule has 0 N–H and O–H groups in total. The summed E-state index contributed by atoms with van der Waals surface area (Å²) in [6.45, 7) is 4.16. The zero-order valence-corrected chi connectivity index (χ0v) is 7.68. The molecule has 1 rings (SSSR count). The zero-order valence-electron chi connectivity index (χ0n) is 6.78. The van der Waals surface area contributed by atoms with Crippen LogP contribution in [0.25, 0.3) is 0 Å². The highest BCUT2D eigenvalue weighted by atomic mass is 32.1. The average molecular weight is 166 g/mol. The van der Waals surface area contributed by atoms with Crippen LogP contribution in [0, 0.1) is 5.92 Å². The predicted molar refractivity (Wildman–Crippen MR) is 50.6 cm³/mol. The zero-order chi connectivity index (χ0) is 8.27. The Balaban J connectivity index is 2.77. The number of thiol groups is 1. The highest BCUT2D eigenvalue weighted by molar-refractivity contribution is 7.80. The summed E-state index contributed by atoms with van der Waals surface area (Å²) in [6, 6.07) is 3.98. The van der Waals surface area contributed by atoms with Gasteiger partial charge in [-0.25, -0.2) is 0 Å². The van der Waals surface area contributed by atoms with Gasteiger partial charge in [0.25, 0.3) is 0 Å². The fraction of sp³-hybridized carbons (Fsp3) is 0.333. The molecule has 0 aliphatic carbocycles. The van der Waals surface area contributed by atoms with Crippen LogP contribution in [-0.2, 0) is 0 Å². The number of aromatic nitrogens is 1. The maximum absolute atomic E-state index is 4.45. The minimum Gasteiger partial charge on any atom is -0.265 e. The van der Waals surface area contributed by atoms with Crippen LogP contribution in [0.3, 0.4) is 0 Å². The maximum Gasteiger partial charge on any atom is 0.0324 e. The molecular formula is C9H12NS. The molecule has 1 aromatic heterocycles. The third-order valence-corrected chi connectivity index (χ3v) is 2.38. The molecule has 1 unspecified atom stereocenters. The lowest BCUT2D eigenvalue weighted by atomic mass is 10.0. The molecule has 1 atom stereocenters. The summed E-state index contributed by atoms with van der Waals surface area (Å²) in [5.74, 6) is 1.31. The number of hydrogen-bond acceptors (Lipinski definition) is 2. The van der Waals surface area contributed by atoms with E-state index in [0.717, 1.165) is 0 Å². The number of nitrogens with zero attached hydrogens (tertiary/aromatic N) is 1. The second-order valence-electron chi connectivity index (χ2n) is 2.76. The third kappa shape index (κ3) is 2.22. The first kappa shape index (κ1) is 8.60. The monoisotopic (exact) mass is 166 g/mol. The van der Waals surface area contributed by atoms with Crippen molar-refractivity contribution in [2.45, 2.75) is 19.1 Å². The first-order valence-electron chi connectivity index (χ1n) is 3.60. The molecule has 0 saturated heterocycles. The summed E-state index contributed by atoms with van der Waals surface area (Å²) in [7, 11) is 0. The molecule has 0 fully saturated rings. The highest BCUT2D eigenvalue weighted by Gasteiger charge is 2.09. The highest BCUT2D eigenvalue weighted by Crippen LogP contribution is 2.28. The largest absolute Gasteiger partial charge is 0.265 e. The van der Waals surface area contributed by atoms with Gasteiger partial charge in [-0.05, 0) is 23.6 Å². The van der Waals surface area contributed by atoms with Gasteiger partial charge < -0.3 is 0 Å². The van der Waals surface area contributed by atoms with Crippen molar-refractivity contribution in [1.82, 2.24) is 4.98 Å². The van der Waals surface area contributed by atoms with E-state index in [1.165, 1.54) is 11.5 Å². The Morgan fingerprint density at radius 2 is 1.91 bits per heavy atom. The van der Waals surface area contributed by atoms with Crippen LogP contribution in [0.15, 0.2) is 24.5 Å². The van der Waals surface area contributed by atoms with E-state index in [9.17, 15) is 0 Å². The van der Waals surface area contributed by atoms with Crippen molar-refractivity contribution in [3.63, 3.8) is 0 Å². The van der Waals surface area contributed by atoms with Gasteiger partial charge in [0.05, 0.1) is 0 Å². The minimum absolute atomic E-state index is 0.248. The van der Waals surface area contributed by atoms with Crippen molar-refractivity contribution in [2.24, 2.45) is 0 Å². The molecule has 1 aromatic rings. The minimum atomic E-state index is 0.248. The quantitative estimate of drug-likeness (QED) is 0.666. The van der Waals surface area contributed by atoms with Crippen LogP contribution in [0.2, 0.25) is 0 Å². The number of rotatable bonds is 2. The number of hydrogen-bond donors (Lipinski definition) is 1. The van der Waals surface area contributed by atoms with Gasteiger partial charge in [0.15, 0.2) is 0 Å². The normalized spacial score (nSPS) is 13.5. The summed E-state index contributed by atoms with van der Waals surface area (Å²) >= 11 is 4.45. The van der Waals surface area contributed by atoms with E-state index in [0.29, 0.717) is 0 Å². The fourth-order valence-corrected chi connectivity index (χ4v) is 1.05. The van der Waals surface area contributed by atoms with Gasteiger partial charge in [-0.1, -0.05) is 13.8 Å². The Bertz CT molecular complexity index is 208. The molecule has 0 aromatic carbocycles. The van der Waals surface area contributed by atoms with E-state index in [1.54, 1.807) is 12.4 Å². The average Bonchev–Trinajstić information content (AvgIpc) is 2.05. The molecule has 11 heavy (non-hydrogen) atoms. The van der Waals surface area contributed by atoms with Crippen LogP contribution in [0.5, 0.6) is 0 Å². The molecule has 0 amide bonds. The van der Waals surface area contributed by atoms with Gasteiger partial charge in [-0.3, -0.25) is 4.98 Å². The maximum atomic E-state index is 4.45. The third-order valence-electron chi connectivity index (χ3n) is 1.57. The summed E-state index contributed by atoms with van der Waals surface area (Å²) in [4.78, 5) is 3.94. The fourth-order valence-electron chi connectivity index (χ4n) is 0.879. The van der Waals surface area contributed by atoms with E-state index in [4.69, 9.17) is 0 Å². The van der Waals surface area contributed by atoms with Crippen LogP contribution < -0.4 is 0 Å². The first-order valence-corrected chi connectivity index (χ1v) is 4.11. The van der Waals surface area contributed by atoms with Crippen LogP contribution >= 0.6 is 12.6 Å². The van der Waals surface area contributed by atoms with Gasteiger partial charge >= 0.3 is 0 Å². The van der Waals surface area contributed by atoms with Crippen LogP contribution in [0.1, 0.15) is 24.7 Å². The lowest BCUT2D eigenvalue weighted by Gasteiger charge is -2.13. The molecule has 1 nitrogen and oxygen atoms in total. The molecule has 0 bridgehead atoms.